The largest absolute Gasteiger partial charge is 0.491 e. The summed E-state index contributed by atoms with van der Waals surface area (Å²) in [6.07, 6.45) is 0. The highest BCUT2D eigenvalue weighted by molar-refractivity contribution is 8.00. The van der Waals surface area contributed by atoms with Gasteiger partial charge in [-0.15, -0.1) is 11.8 Å². The fraction of sp³-hybridized carbons (Fsp3) is 0.259. The van der Waals surface area contributed by atoms with Crippen molar-refractivity contribution < 1.29 is 14.3 Å². The molecule has 0 radical (unpaired) electrons. The minimum atomic E-state index is -0.149. The molecule has 0 aliphatic carbocycles. The van der Waals surface area contributed by atoms with Gasteiger partial charge in [-0.05, 0) is 60.9 Å². The fourth-order valence-corrected chi connectivity index (χ4v) is 5.19. The topological polar surface area (TPSA) is 58.6 Å². The van der Waals surface area contributed by atoms with Gasteiger partial charge in [0.1, 0.15) is 17.7 Å². The Kier molecular flexibility index (Phi) is 7.80. The van der Waals surface area contributed by atoms with E-state index in [0.29, 0.717) is 36.0 Å². The van der Waals surface area contributed by atoms with Crippen molar-refractivity contribution in [1.29, 1.82) is 0 Å². The third-order valence-electron chi connectivity index (χ3n) is 5.67. The van der Waals surface area contributed by atoms with Gasteiger partial charge in [-0.3, -0.25) is 9.59 Å². The number of rotatable bonds is 8. The molecule has 0 unspecified atom stereocenters. The van der Waals surface area contributed by atoms with E-state index in [2.05, 4.69) is 11.4 Å². The number of carbonyl (C=O) groups is 2. The molecule has 1 fully saturated rings. The number of amides is 2. The van der Waals surface area contributed by atoms with Crippen LogP contribution in [0, 0.1) is 13.8 Å². The average Bonchev–Trinajstić information content (AvgIpc) is 3.19. The van der Waals surface area contributed by atoms with Crippen molar-refractivity contribution in [2.24, 2.45) is 0 Å². The summed E-state index contributed by atoms with van der Waals surface area (Å²) >= 11 is 7.58. The summed E-state index contributed by atoms with van der Waals surface area (Å²) in [5.74, 6) is 1.23. The molecule has 5 nitrogen and oxygen atoms in total. The zero-order chi connectivity index (χ0) is 24.1. The van der Waals surface area contributed by atoms with Crippen LogP contribution in [0.4, 0.5) is 0 Å². The summed E-state index contributed by atoms with van der Waals surface area (Å²) in [6.45, 7) is 5.39. The molecule has 1 aliphatic heterocycles. The highest BCUT2D eigenvalue weighted by Crippen LogP contribution is 2.39. The van der Waals surface area contributed by atoms with Crippen LogP contribution in [-0.4, -0.2) is 35.6 Å². The van der Waals surface area contributed by atoms with Crippen molar-refractivity contribution >= 4 is 35.2 Å². The Labute approximate surface area is 209 Å². The number of aryl methyl sites for hydroxylation is 2. The predicted molar refractivity (Wildman–Crippen MR) is 137 cm³/mol. The lowest BCUT2D eigenvalue weighted by Crippen LogP contribution is -2.28. The maximum atomic E-state index is 12.5. The molecule has 1 atom stereocenters. The predicted octanol–water partition coefficient (Wildman–Crippen LogP) is 5.54. The molecule has 7 heteroatoms. The molecule has 1 aliphatic rings. The number of carbonyl (C=O) groups excluding carboxylic acids is 2. The molecule has 0 aromatic heterocycles. The maximum absolute atomic E-state index is 12.5. The van der Waals surface area contributed by atoms with Gasteiger partial charge < -0.3 is 15.0 Å². The van der Waals surface area contributed by atoms with Crippen LogP contribution < -0.4 is 10.1 Å². The van der Waals surface area contributed by atoms with Crippen LogP contribution in [0.25, 0.3) is 0 Å². The molecule has 0 bridgehead atoms. The number of nitrogens with zero attached hydrogens (tertiary/aromatic N) is 1. The van der Waals surface area contributed by atoms with Crippen molar-refractivity contribution in [1.82, 2.24) is 10.2 Å². The van der Waals surface area contributed by atoms with E-state index in [9.17, 15) is 9.59 Å². The third-order valence-corrected chi connectivity index (χ3v) is 7.18. The number of halogens is 1. The molecule has 1 N–H and O–H groups in total. The van der Waals surface area contributed by atoms with Gasteiger partial charge in [0.25, 0.3) is 5.91 Å². The van der Waals surface area contributed by atoms with Gasteiger partial charge in [-0.2, -0.15) is 0 Å². The Hall–Kier alpha value is -2.96. The fourth-order valence-electron chi connectivity index (χ4n) is 3.88. The summed E-state index contributed by atoms with van der Waals surface area (Å²) in [5, 5.41) is 3.49. The Morgan fingerprint density at radius 2 is 1.82 bits per heavy atom. The summed E-state index contributed by atoms with van der Waals surface area (Å²) in [6, 6.07) is 21.0. The summed E-state index contributed by atoms with van der Waals surface area (Å²) < 4.78 is 5.78. The van der Waals surface area contributed by atoms with Crippen LogP contribution in [0.3, 0.4) is 0 Å². The molecule has 4 rings (SSSR count). The molecule has 3 aromatic carbocycles. The number of nitrogens with one attached hydrogen (secondary N) is 1. The molecular weight excluding hydrogens is 468 g/mol. The normalized spacial score (nSPS) is 15.4. The van der Waals surface area contributed by atoms with Crippen molar-refractivity contribution in [2.45, 2.75) is 25.8 Å². The number of ether oxygens (including phenoxy) is 1. The molecule has 2 amide bonds. The summed E-state index contributed by atoms with van der Waals surface area (Å²) in [4.78, 5) is 26.9. The van der Waals surface area contributed by atoms with Crippen LogP contribution in [0.1, 0.15) is 38.0 Å². The Bertz CT molecular complexity index is 1170. The van der Waals surface area contributed by atoms with E-state index in [1.54, 1.807) is 23.9 Å². The lowest BCUT2D eigenvalue weighted by atomic mass is 10.1. The van der Waals surface area contributed by atoms with Gasteiger partial charge in [0.05, 0.1) is 12.3 Å². The van der Waals surface area contributed by atoms with E-state index in [1.807, 2.05) is 67.3 Å². The van der Waals surface area contributed by atoms with Crippen LogP contribution in [0.15, 0.2) is 66.7 Å². The third kappa shape index (κ3) is 5.93. The first-order chi connectivity index (χ1) is 16.4. The van der Waals surface area contributed by atoms with Gasteiger partial charge in [0, 0.05) is 17.1 Å². The van der Waals surface area contributed by atoms with E-state index in [1.165, 1.54) is 5.56 Å². The molecule has 0 spiro atoms. The SMILES string of the molecule is Cc1ccc(OCCNC(=O)c2ccc([C@H]3SCC(=O)N3Cc3ccc(Cl)cc3)cc2)c(C)c1. The van der Waals surface area contributed by atoms with Crippen LogP contribution in [0.2, 0.25) is 5.02 Å². The number of hydrogen-bond acceptors (Lipinski definition) is 4. The quantitative estimate of drug-likeness (QED) is 0.418. The van der Waals surface area contributed by atoms with Crippen molar-refractivity contribution in [2.75, 3.05) is 18.9 Å². The molecule has 176 valence electrons. The van der Waals surface area contributed by atoms with Gasteiger partial charge in [0.2, 0.25) is 5.91 Å². The van der Waals surface area contributed by atoms with Gasteiger partial charge in [-0.1, -0.05) is 53.6 Å². The molecule has 1 heterocycles. The van der Waals surface area contributed by atoms with Crippen LogP contribution in [-0.2, 0) is 11.3 Å². The Morgan fingerprint density at radius 1 is 1.09 bits per heavy atom. The van der Waals surface area contributed by atoms with E-state index in [4.69, 9.17) is 16.3 Å². The number of benzene rings is 3. The zero-order valence-electron chi connectivity index (χ0n) is 19.2. The second kappa shape index (κ2) is 11.0. The van der Waals surface area contributed by atoms with E-state index >= 15 is 0 Å². The molecule has 1 saturated heterocycles. The number of thioether (sulfide) groups is 1. The second-order valence-corrected chi connectivity index (χ2v) is 9.81. The summed E-state index contributed by atoms with van der Waals surface area (Å²) in [7, 11) is 0. The molecule has 34 heavy (non-hydrogen) atoms. The Balaban J connectivity index is 1.32. The molecule has 0 saturated carbocycles. The van der Waals surface area contributed by atoms with Crippen molar-refractivity contribution in [3.05, 3.63) is 99.6 Å². The molecule has 3 aromatic rings. The minimum absolute atomic E-state index is 0.0774. The van der Waals surface area contributed by atoms with Crippen molar-refractivity contribution in [3.63, 3.8) is 0 Å². The zero-order valence-corrected chi connectivity index (χ0v) is 20.8. The minimum Gasteiger partial charge on any atom is -0.491 e. The van der Waals surface area contributed by atoms with Gasteiger partial charge in [0.15, 0.2) is 0 Å². The van der Waals surface area contributed by atoms with Crippen LogP contribution in [0.5, 0.6) is 5.75 Å². The van der Waals surface area contributed by atoms with E-state index in [-0.39, 0.29) is 17.2 Å². The summed E-state index contributed by atoms with van der Waals surface area (Å²) in [5.41, 5.74) is 4.88. The monoisotopic (exact) mass is 494 g/mol. The maximum Gasteiger partial charge on any atom is 0.251 e. The van der Waals surface area contributed by atoms with E-state index < -0.39 is 0 Å². The van der Waals surface area contributed by atoms with Gasteiger partial charge >= 0.3 is 0 Å². The lowest BCUT2D eigenvalue weighted by Gasteiger charge is -2.24. The second-order valence-electron chi connectivity index (χ2n) is 8.31. The first-order valence-electron chi connectivity index (χ1n) is 11.1. The average molecular weight is 495 g/mol. The van der Waals surface area contributed by atoms with Gasteiger partial charge in [-0.25, -0.2) is 0 Å². The standard InChI is InChI=1S/C27H27ClN2O3S/c1-18-3-12-24(19(2)15-18)33-14-13-29-26(32)21-6-8-22(9-7-21)27-30(25(31)17-34-27)16-20-4-10-23(28)11-5-20/h3-12,15,27H,13-14,16-17H2,1-2H3,(H,29,32)/t27-/m1/s1. The lowest BCUT2D eigenvalue weighted by molar-refractivity contribution is -0.128. The first-order valence-corrected chi connectivity index (χ1v) is 12.6. The first kappa shape index (κ1) is 24.2. The van der Waals surface area contributed by atoms with E-state index in [0.717, 1.165) is 22.4 Å². The number of hydrogen-bond donors (Lipinski definition) is 1. The smallest absolute Gasteiger partial charge is 0.251 e. The Morgan fingerprint density at radius 3 is 2.53 bits per heavy atom. The molecular formula is C27H27ClN2O3S. The highest BCUT2D eigenvalue weighted by Gasteiger charge is 2.32. The van der Waals surface area contributed by atoms with Crippen LogP contribution >= 0.6 is 23.4 Å². The highest BCUT2D eigenvalue weighted by atomic mass is 35.5. The van der Waals surface area contributed by atoms with Crippen molar-refractivity contribution in [3.8, 4) is 5.75 Å².